The summed E-state index contributed by atoms with van der Waals surface area (Å²) >= 11 is 0. The molecule has 0 unspecified atom stereocenters. The fraction of sp³-hybridized carbons (Fsp3) is 0.471. The van der Waals surface area contributed by atoms with Crippen molar-refractivity contribution in [1.29, 1.82) is 0 Å². The number of aryl methyl sites for hydroxylation is 1. The molecule has 0 atom stereocenters. The van der Waals surface area contributed by atoms with Gasteiger partial charge in [-0.25, -0.2) is 4.39 Å². The first-order valence-electron chi connectivity index (χ1n) is 7.91. The molecule has 0 radical (unpaired) electrons. The Morgan fingerprint density at radius 3 is 2.54 bits per heavy atom. The van der Waals surface area contributed by atoms with E-state index in [4.69, 9.17) is 0 Å². The first-order valence-corrected chi connectivity index (χ1v) is 7.91. The third kappa shape index (κ3) is 2.33. The van der Waals surface area contributed by atoms with Crippen LogP contribution in [0.15, 0.2) is 24.4 Å². The van der Waals surface area contributed by atoms with E-state index in [2.05, 4.69) is 10.4 Å². The zero-order valence-corrected chi connectivity index (χ0v) is 13.1. The Hall–Kier alpha value is -1.89. The zero-order valence-electron chi connectivity index (χ0n) is 13.1. The van der Waals surface area contributed by atoms with Gasteiger partial charge in [-0.2, -0.15) is 18.3 Å². The molecule has 7 heteroatoms. The Morgan fingerprint density at radius 1 is 1.25 bits per heavy atom. The lowest BCUT2D eigenvalue weighted by Crippen LogP contribution is -2.60. The molecular formula is C17H17F4N3. The van der Waals surface area contributed by atoms with Crippen molar-refractivity contribution in [2.24, 2.45) is 5.41 Å². The van der Waals surface area contributed by atoms with E-state index in [0.29, 0.717) is 5.56 Å². The van der Waals surface area contributed by atoms with Gasteiger partial charge in [0.05, 0.1) is 17.9 Å². The molecule has 1 aliphatic carbocycles. The highest BCUT2D eigenvalue weighted by molar-refractivity contribution is 5.66. The van der Waals surface area contributed by atoms with Gasteiger partial charge in [-0.05, 0) is 37.3 Å². The van der Waals surface area contributed by atoms with Crippen molar-refractivity contribution in [3.05, 3.63) is 41.3 Å². The van der Waals surface area contributed by atoms with Crippen LogP contribution < -0.4 is 5.32 Å². The van der Waals surface area contributed by atoms with Gasteiger partial charge in [0.1, 0.15) is 11.4 Å². The molecule has 2 heterocycles. The quantitative estimate of drug-likeness (QED) is 0.840. The van der Waals surface area contributed by atoms with Crippen molar-refractivity contribution in [2.45, 2.75) is 32.0 Å². The molecule has 0 bridgehead atoms. The average Bonchev–Trinajstić information content (AvgIpc) is 2.83. The molecule has 2 fully saturated rings. The van der Waals surface area contributed by atoms with Gasteiger partial charge < -0.3 is 5.32 Å². The largest absolute Gasteiger partial charge is 0.420 e. The lowest BCUT2D eigenvalue weighted by atomic mass is 9.61. The van der Waals surface area contributed by atoms with Crippen LogP contribution in [0.1, 0.15) is 30.0 Å². The molecule has 1 aromatic carbocycles. The summed E-state index contributed by atoms with van der Waals surface area (Å²) in [5.74, 6) is -0.660. The van der Waals surface area contributed by atoms with Gasteiger partial charge in [0.25, 0.3) is 0 Å². The maximum atomic E-state index is 14.3. The number of nitrogens with one attached hydrogen (secondary N) is 1. The Morgan fingerprint density at radius 2 is 1.96 bits per heavy atom. The number of halogens is 4. The zero-order chi connectivity index (χ0) is 17.1. The van der Waals surface area contributed by atoms with E-state index in [-0.39, 0.29) is 22.7 Å². The highest BCUT2D eigenvalue weighted by Crippen LogP contribution is 2.52. The molecule has 4 rings (SSSR count). The normalized spacial score (nSPS) is 20.0. The summed E-state index contributed by atoms with van der Waals surface area (Å²) in [6.45, 7) is 3.52. The van der Waals surface area contributed by atoms with Crippen molar-refractivity contribution >= 4 is 0 Å². The van der Waals surface area contributed by atoms with Gasteiger partial charge in [-0.3, -0.25) is 4.68 Å². The number of benzene rings is 1. The summed E-state index contributed by atoms with van der Waals surface area (Å²) < 4.78 is 55.9. The minimum atomic E-state index is -4.57. The van der Waals surface area contributed by atoms with Crippen molar-refractivity contribution < 1.29 is 17.6 Å². The summed E-state index contributed by atoms with van der Waals surface area (Å²) in [5.41, 5.74) is -0.166. The van der Waals surface area contributed by atoms with Crippen molar-refractivity contribution in [3.8, 4) is 11.3 Å². The molecule has 1 saturated carbocycles. The lowest BCUT2D eigenvalue weighted by molar-refractivity contribution is -0.137. The van der Waals surface area contributed by atoms with Gasteiger partial charge in [0, 0.05) is 18.7 Å². The Labute approximate surface area is 136 Å². The molecule has 2 aliphatic rings. The van der Waals surface area contributed by atoms with Crippen LogP contribution >= 0.6 is 0 Å². The molecule has 1 aliphatic heterocycles. The van der Waals surface area contributed by atoms with E-state index in [1.807, 2.05) is 0 Å². The summed E-state index contributed by atoms with van der Waals surface area (Å²) in [6.07, 6.45) is -2.19. The Kier molecular flexibility index (Phi) is 3.29. The summed E-state index contributed by atoms with van der Waals surface area (Å²) in [5, 5.41) is 7.18. The van der Waals surface area contributed by atoms with Crippen LogP contribution in [-0.2, 0) is 6.18 Å². The standard InChI is InChI=1S/C17H17F4N3/c1-10-2-3-14(18)12(4-10)15-13(17(19,20)21)7-23-24(15)11-5-16(6-11)8-22-9-16/h2-4,7,11,22H,5-6,8-9H2,1H3. The number of hydrogen-bond acceptors (Lipinski definition) is 2. The topological polar surface area (TPSA) is 29.9 Å². The van der Waals surface area contributed by atoms with E-state index < -0.39 is 17.6 Å². The SMILES string of the molecule is Cc1ccc(F)c(-c2c(C(F)(F)F)cnn2C2CC3(CNC3)C2)c1. The Balaban J connectivity index is 1.80. The van der Waals surface area contributed by atoms with Crippen LogP contribution in [0.25, 0.3) is 11.3 Å². The number of rotatable bonds is 2. The van der Waals surface area contributed by atoms with Crippen LogP contribution in [0.2, 0.25) is 0 Å². The lowest BCUT2D eigenvalue weighted by Gasteiger charge is -2.54. The first-order chi connectivity index (χ1) is 11.3. The van der Waals surface area contributed by atoms with Crippen molar-refractivity contribution in [3.63, 3.8) is 0 Å². The van der Waals surface area contributed by atoms with E-state index in [9.17, 15) is 17.6 Å². The van der Waals surface area contributed by atoms with E-state index in [1.54, 1.807) is 13.0 Å². The third-order valence-electron chi connectivity index (χ3n) is 5.16. The molecule has 1 saturated heterocycles. The molecule has 3 nitrogen and oxygen atoms in total. The highest BCUT2D eigenvalue weighted by Gasteiger charge is 2.50. The first kappa shape index (κ1) is 15.6. The summed E-state index contributed by atoms with van der Waals surface area (Å²) in [4.78, 5) is 0. The predicted octanol–water partition coefficient (Wildman–Crippen LogP) is 3.94. The maximum Gasteiger partial charge on any atom is 0.420 e. The van der Waals surface area contributed by atoms with Crippen LogP contribution in [0.3, 0.4) is 0 Å². The Bertz CT molecular complexity index is 782. The molecule has 1 aromatic heterocycles. The molecule has 1 N–H and O–H groups in total. The van der Waals surface area contributed by atoms with E-state index >= 15 is 0 Å². The van der Waals surface area contributed by atoms with E-state index in [1.165, 1.54) is 16.8 Å². The number of hydrogen-bond donors (Lipinski definition) is 1. The van der Waals surface area contributed by atoms with Gasteiger partial charge in [0.2, 0.25) is 0 Å². The summed E-state index contributed by atoms with van der Waals surface area (Å²) in [6, 6.07) is 4.10. The molecule has 24 heavy (non-hydrogen) atoms. The summed E-state index contributed by atoms with van der Waals surface area (Å²) in [7, 11) is 0. The minimum absolute atomic E-state index is 0.0347. The molecule has 0 amide bonds. The molecule has 128 valence electrons. The van der Waals surface area contributed by atoms with Crippen LogP contribution in [0.5, 0.6) is 0 Å². The van der Waals surface area contributed by atoms with Crippen LogP contribution in [0, 0.1) is 18.2 Å². The van der Waals surface area contributed by atoms with Gasteiger partial charge in [-0.15, -0.1) is 0 Å². The van der Waals surface area contributed by atoms with Gasteiger partial charge in [-0.1, -0.05) is 11.6 Å². The molecule has 1 spiro atoms. The minimum Gasteiger partial charge on any atom is -0.316 e. The van der Waals surface area contributed by atoms with E-state index in [0.717, 1.165) is 32.1 Å². The van der Waals surface area contributed by atoms with Crippen LogP contribution in [-0.4, -0.2) is 22.9 Å². The smallest absolute Gasteiger partial charge is 0.316 e. The van der Waals surface area contributed by atoms with Gasteiger partial charge >= 0.3 is 6.18 Å². The second-order valence-corrected chi connectivity index (χ2v) is 7.00. The number of alkyl halides is 3. The van der Waals surface area contributed by atoms with Crippen LogP contribution in [0.4, 0.5) is 17.6 Å². The predicted molar refractivity (Wildman–Crippen MR) is 80.9 cm³/mol. The second kappa shape index (κ2) is 5.05. The monoisotopic (exact) mass is 339 g/mol. The fourth-order valence-corrected chi connectivity index (χ4v) is 3.82. The molecule has 2 aromatic rings. The second-order valence-electron chi connectivity index (χ2n) is 7.00. The molecular weight excluding hydrogens is 322 g/mol. The number of aromatic nitrogens is 2. The van der Waals surface area contributed by atoms with Crippen molar-refractivity contribution in [1.82, 2.24) is 15.1 Å². The maximum absolute atomic E-state index is 14.3. The van der Waals surface area contributed by atoms with Crippen molar-refractivity contribution in [2.75, 3.05) is 13.1 Å². The number of nitrogens with zero attached hydrogens (tertiary/aromatic N) is 2. The third-order valence-corrected chi connectivity index (χ3v) is 5.16. The van der Waals surface area contributed by atoms with Gasteiger partial charge in [0.15, 0.2) is 0 Å². The fourth-order valence-electron chi connectivity index (χ4n) is 3.82. The highest BCUT2D eigenvalue weighted by atomic mass is 19.4. The average molecular weight is 339 g/mol.